The molecular weight excluding hydrogens is 286 g/mol. The zero-order chi connectivity index (χ0) is 11.8. The van der Waals surface area contributed by atoms with Gasteiger partial charge in [0, 0.05) is 15.8 Å². The van der Waals surface area contributed by atoms with Crippen molar-refractivity contribution in [3.05, 3.63) is 28.2 Å². The van der Waals surface area contributed by atoms with E-state index in [-0.39, 0.29) is 5.54 Å². The molecule has 1 aromatic carbocycles. The lowest BCUT2D eigenvalue weighted by molar-refractivity contribution is 0.412. The van der Waals surface area contributed by atoms with E-state index in [0.717, 1.165) is 16.0 Å². The Bertz CT molecular complexity index is 395. The molecular formula is C12H16BrNOS. The van der Waals surface area contributed by atoms with Crippen molar-refractivity contribution in [1.29, 1.82) is 0 Å². The van der Waals surface area contributed by atoms with Gasteiger partial charge in [0.25, 0.3) is 0 Å². The predicted molar refractivity (Wildman–Crippen MR) is 73.1 cm³/mol. The van der Waals surface area contributed by atoms with E-state index in [1.807, 2.05) is 23.9 Å². The van der Waals surface area contributed by atoms with E-state index >= 15 is 0 Å². The second-order valence-corrected chi connectivity index (χ2v) is 6.55. The number of thioether (sulfide) groups is 1. The first-order valence-corrected chi connectivity index (χ1v) is 7.09. The van der Waals surface area contributed by atoms with Crippen LogP contribution >= 0.6 is 27.7 Å². The van der Waals surface area contributed by atoms with E-state index in [9.17, 15) is 0 Å². The van der Waals surface area contributed by atoms with E-state index in [0.29, 0.717) is 5.37 Å². The van der Waals surface area contributed by atoms with Crippen molar-refractivity contribution in [2.24, 2.45) is 0 Å². The maximum Gasteiger partial charge on any atom is 0.119 e. The number of rotatable bonds is 2. The molecule has 0 aliphatic carbocycles. The van der Waals surface area contributed by atoms with Crippen molar-refractivity contribution < 1.29 is 4.74 Å². The molecule has 1 fully saturated rings. The van der Waals surface area contributed by atoms with E-state index in [1.165, 1.54) is 5.56 Å². The third kappa shape index (κ3) is 2.55. The zero-order valence-electron chi connectivity index (χ0n) is 9.71. The van der Waals surface area contributed by atoms with Crippen molar-refractivity contribution in [3.63, 3.8) is 0 Å². The summed E-state index contributed by atoms with van der Waals surface area (Å²) in [6.45, 7) is 4.46. The van der Waals surface area contributed by atoms with E-state index in [2.05, 4.69) is 41.2 Å². The Hall–Kier alpha value is -0.190. The minimum Gasteiger partial charge on any atom is -0.497 e. The topological polar surface area (TPSA) is 21.3 Å². The summed E-state index contributed by atoms with van der Waals surface area (Å²) in [6, 6.07) is 6.11. The average Bonchev–Trinajstić information content (AvgIpc) is 2.59. The van der Waals surface area contributed by atoms with Crippen LogP contribution in [0.2, 0.25) is 0 Å². The predicted octanol–water partition coefficient (Wildman–Crippen LogP) is 3.57. The van der Waals surface area contributed by atoms with Gasteiger partial charge in [-0.25, -0.2) is 0 Å². The van der Waals surface area contributed by atoms with Crippen LogP contribution in [-0.2, 0) is 0 Å². The number of halogens is 1. The first-order chi connectivity index (χ1) is 7.52. The quantitative estimate of drug-likeness (QED) is 0.902. The molecule has 2 rings (SSSR count). The maximum atomic E-state index is 5.26. The summed E-state index contributed by atoms with van der Waals surface area (Å²) < 4.78 is 6.40. The third-order valence-corrected chi connectivity index (χ3v) is 4.93. The van der Waals surface area contributed by atoms with Crippen LogP contribution in [0, 0.1) is 0 Å². The van der Waals surface area contributed by atoms with Crippen LogP contribution in [-0.4, -0.2) is 18.4 Å². The lowest BCUT2D eigenvalue weighted by atomic mass is 10.1. The Labute approximate surface area is 109 Å². The molecule has 2 nitrogen and oxygen atoms in total. The van der Waals surface area contributed by atoms with Gasteiger partial charge in [-0.1, -0.05) is 15.9 Å². The second-order valence-electron chi connectivity index (χ2n) is 4.61. The van der Waals surface area contributed by atoms with Crippen LogP contribution in [0.5, 0.6) is 5.75 Å². The molecule has 1 atom stereocenters. The SMILES string of the molecule is COc1ccc(Br)c(C2NC(C)(C)CS2)c1. The summed E-state index contributed by atoms with van der Waals surface area (Å²) in [7, 11) is 1.70. The Balaban J connectivity index is 2.27. The average molecular weight is 302 g/mol. The fourth-order valence-corrected chi connectivity index (χ4v) is 3.82. The summed E-state index contributed by atoms with van der Waals surface area (Å²) in [5.41, 5.74) is 1.47. The van der Waals surface area contributed by atoms with E-state index in [1.54, 1.807) is 7.11 Å². The maximum absolute atomic E-state index is 5.26. The number of benzene rings is 1. The summed E-state index contributed by atoms with van der Waals surface area (Å²) in [5.74, 6) is 2.03. The Kier molecular flexibility index (Phi) is 3.52. The number of hydrogen-bond acceptors (Lipinski definition) is 3. The molecule has 0 aromatic heterocycles. The van der Waals surface area contributed by atoms with Crippen LogP contribution < -0.4 is 10.1 Å². The molecule has 1 N–H and O–H groups in total. The van der Waals surface area contributed by atoms with Crippen molar-refractivity contribution >= 4 is 27.7 Å². The van der Waals surface area contributed by atoms with E-state index < -0.39 is 0 Å². The van der Waals surface area contributed by atoms with Gasteiger partial charge >= 0.3 is 0 Å². The van der Waals surface area contributed by atoms with Crippen LogP contribution in [0.4, 0.5) is 0 Å². The highest BCUT2D eigenvalue weighted by Gasteiger charge is 2.32. The van der Waals surface area contributed by atoms with Crippen LogP contribution in [0.3, 0.4) is 0 Å². The van der Waals surface area contributed by atoms with Gasteiger partial charge in [-0.05, 0) is 37.6 Å². The molecule has 0 saturated carbocycles. The number of hydrogen-bond donors (Lipinski definition) is 1. The molecule has 1 saturated heterocycles. The normalized spacial score (nSPS) is 23.4. The standard InChI is InChI=1S/C12H16BrNOS/c1-12(2)7-16-11(14-12)9-6-8(15-3)4-5-10(9)13/h4-6,11,14H,7H2,1-3H3. The van der Waals surface area contributed by atoms with Gasteiger partial charge in [-0.2, -0.15) is 0 Å². The third-order valence-electron chi connectivity index (χ3n) is 2.62. The Morgan fingerprint density at radius 3 is 2.81 bits per heavy atom. The van der Waals surface area contributed by atoms with Crippen LogP contribution in [0.25, 0.3) is 0 Å². The molecule has 88 valence electrons. The smallest absolute Gasteiger partial charge is 0.119 e. The fraction of sp³-hybridized carbons (Fsp3) is 0.500. The summed E-state index contributed by atoms with van der Waals surface area (Å²) in [5, 5.41) is 3.96. The van der Waals surface area contributed by atoms with Gasteiger partial charge in [0.15, 0.2) is 0 Å². The monoisotopic (exact) mass is 301 g/mol. The molecule has 1 aromatic rings. The molecule has 0 radical (unpaired) electrons. The van der Waals surface area contributed by atoms with Crippen LogP contribution in [0.15, 0.2) is 22.7 Å². The number of methoxy groups -OCH3 is 1. The summed E-state index contributed by atoms with van der Waals surface area (Å²) in [6.07, 6.45) is 0. The van der Waals surface area contributed by atoms with Gasteiger partial charge in [0.05, 0.1) is 12.5 Å². The number of ether oxygens (including phenoxy) is 1. The zero-order valence-corrected chi connectivity index (χ0v) is 12.1. The van der Waals surface area contributed by atoms with Gasteiger partial charge in [0.1, 0.15) is 5.75 Å². The summed E-state index contributed by atoms with van der Waals surface area (Å²) in [4.78, 5) is 0. The van der Waals surface area contributed by atoms with Crippen LogP contribution in [0.1, 0.15) is 24.8 Å². The Morgan fingerprint density at radius 1 is 1.50 bits per heavy atom. The minimum absolute atomic E-state index is 0.206. The van der Waals surface area contributed by atoms with Crippen molar-refractivity contribution in [2.75, 3.05) is 12.9 Å². The molecule has 1 heterocycles. The molecule has 0 bridgehead atoms. The molecule has 1 aliphatic heterocycles. The number of nitrogens with one attached hydrogen (secondary N) is 1. The summed E-state index contributed by atoms with van der Waals surface area (Å²) >= 11 is 5.54. The fourth-order valence-electron chi connectivity index (χ4n) is 1.75. The van der Waals surface area contributed by atoms with Gasteiger partial charge in [0.2, 0.25) is 0 Å². The first-order valence-electron chi connectivity index (χ1n) is 5.24. The molecule has 0 spiro atoms. The van der Waals surface area contributed by atoms with E-state index in [4.69, 9.17) is 4.74 Å². The lowest BCUT2D eigenvalue weighted by Crippen LogP contribution is -2.35. The lowest BCUT2D eigenvalue weighted by Gasteiger charge is -2.20. The highest BCUT2D eigenvalue weighted by Crippen LogP contribution is 2.41. The molecule has 1 aliphatic rings. The van der Waals surface area contributed by atoms with Gasteiger partial charge in [-0.3, -0.25) is 5.32 Å². The van der Waals surface area contributed by atoms with Gasteiger partial charge in [-0.15, -0.1) is 11.8 Å². The first kappa shape index (κ1) is 12.3. The highest BCUT2D eigenvalue weighted by molar-refractivity contribution is 9.10. The van der Waals surface area contributed by atoms with Crippen molar-refractivity contribution in [2.45, 2.75) is 24.8 Å². The molecule has 0 amide bonds. The largest absolute Gasteiger partial charge is 0.497 e. The second kappa shape index (κ2) is 4.59. The molecule has 1 unspecified atom stereocenters. The van der Waals surface area contributed by atoms with Crippen molar-refractivity contribution in [3.8, 4) is 5.75 Å². The Morgan fingerprint density at radius 2 is 2.25 bits per heavy atom. The highest BCUT2D eigenvalue weighted by atomic mass is 79.9. The molecule has 16 heavy (non-hydrogen) atoms. The van der Waals surface area contributed by atoms with Crippen molar-refractivity contribution in [1.82, 2.24) is 5.32 Å². The minimum atomic E-state index is 0.206. The molecule has 4 heteroatoms. The van der Waals surface area contributed by atoms with Gasteiger partial charge < -0.3 is 4.74 Å².